The first-order valence-corrected chi connectivity index (χ1v) is 18.9. The normalized spacial score (nSPS) is 24.5. The van der Waals surface area contributed by atoms with Gasteiger partial charge >= 0.3 is 6.09 Å². The molecule has 44 heavy (non-hydrogen) atoms. The zero-order chi connectivity index (χ0) is 32.7. The molecule has 0 unspecified atom stereocenters. The molecule has 3 atom stereocenters. The van der Waals surface area contributed by atoms with E-state index in [-0.39, 0.29) is 28.6 Å². The van der Waals surface area contributed by atoms with Crippen molar-refractivity contribution < 1.29 is 23.1 Å². The minimum absolute atomic E-state index is 0.00337. The minimum Gasteiger partial charge on any atom is -0.477 e. The van der Waals surface area contributed by atoms with Crippen molar-refractivity contribution in [2.24, 2.45) is 5.92 Å². The van der Waals surface area contributed by atoms with Crippen molar-refractivity contribution in [1.29, 1.82) is 0 Å². The Morgan fingerprint density at radius 2 is 1.73 bits per heavy atom. The van der Waals surface area contributed by atoms with E-state index in [1.165, 1.54) is 0 Å². The van der Waals surface area contributed by atoms with Gasteiger partial charge in [-0.05, 0) is 97.3 Å². The summed E-state index contributed by atoms with van der Waals surface area (Å²) in [5, 5.41) is 11.4. The molecule has 11 heteroatoms. The lowest BCUT2D eigenvalue weighted by Gasteiger charge is -2.38. The number of rotatable bonds is 9. The van der Waals surface area contributed by atoms with Crippen LogP contribution in [0.1, 0.15) is 99.6 Å². The Morgan fingerprint density at radius 1 is 1.05 bits per heavy atom. The Morgan fingerprint density at radius 3 is 2.34 bits per heavy atom. The van der Waals surface area contributed by atoms with Gasteiger partial charge in [-0.1, -0.05) is 20.8 Å². The number of nitrogens with one attached hydrogen (secondary N) is 2. The maximum absolute atomic E-state index is 15.3. The van der Waals surface area contributed by atoms with Crippen LogP contribution < -0.4 is 15.4 Å². The van der Waals surface area contributed by atoms with E-state index < -0.39 is 26.2 Å². The number of carbonyl (C=O) groups is 1. The van der Waals surface area contributed by atoms with Gasteiger partial charge in [0.25, 0.3) is 0 Å². The zero-order valence-electron chi connectivity index (χ0n) is 28.6. The van der Waals surface area contributed by atoms with Crippen LogP contribution in [0.3, 0.4) is 0 Å². The van der Waals surface area contributed by atoms with Crippen LogP contribution in [-0.2, 0) is 14.7 Å². The Balaban J connectivity index is 1.37. The number of amides is 1. The third-order valence-electron chi connectivity index (χ3n) is 8.89. The summed E-state index contributed by atoms with van der Waals surface area (Å²) in [6.07, 6.45) is 2.69. The number of hydrogen-bond acceptors (Lipinski definition) is 7. The van der Waals surface area contributed by atoms with Gasteiger partial charge in [0.1, 0.15) is 17.6 Å². The summed E-state index contributed by atoms with van der Waals surface area (Å²) in [4.78, 5) is 16.4. The first kappa shape index (κ1) is 34.2. The standard InChI is InChI=1S/C33H54FN5O4Si/c1-31(2,3)39-28(19-26(38-39)22-16-25(34)27(17-22)43-44(10,11)33(7,8)9)36-23-12-13-35-29(18-23)41-20-21-14-24(15-21)37-30(40)42-32(4,5)6/h12-13,18-19,21-22,24-25,27H,14-17,20H2,1-11H3,(H,35,36)(H,37,40)/t21?,22-,24?,25+,27-/m0/s1. The smallest absolute Gasteiger partial charge is 0.407 e. The fraction of sp³-hybridized carbons (Fsp3) is 0.727. The summed E-state index contributed by atoms with van der Waals surface area (Å²) in [5.41, 5.74) is 0.922. The zero-order valence-corrected chi connectivity index (χ0v) is 29.6. The van der Waals surface area contributed by atoms with Gasteiger partial charge in [-0.25, -0.2) is 18.9 Å². The molecule has 2 aliphatic carbocycles. The van der Waals surface area contributed by atoms with E-state index in [2.05, 4.69) is 70.3 Å². The molecule has 2 aromatic rings. The predicted octanol–water partition coefficient (Wildman–Crippen LogP) is 8.06. The number of carbonyl (C=O) groups excluding carboxylic acids is 1. The molecule has 0 saturated heterocycles. The molecule has 0 spiro atoms. The SMILES string of the molecule is CC(C)(C)OC(=O)NC1CC(COc2cc(Nc3cc([C@H]4C[C@@H](F)[C@@H](O[Si](C)(C)C(C)(C)C)C4)nn3C(C)(C)C)ccn2)C1. The molecule has 2 aromatic heterocycles. The highest BCUT2D eigenvalue weighted by molar-refractivity contribution is 6.74. The second-order valence-corrected chi connectivity index (χ2v) is 20.9. The van der Waals surface area contributed by atoms with Crippen molar-refractivity contribution in [2.75, 3.05) is 11.9 Å². The van der Waals surface area contributed by atoms with Crippen molar-refractivity contribution in [3.63, 3.8) is 0 Å². The van der Waals surface area contributed by atoms with Crippen molar-refractivity contribution in [3.05, 3.63) is 30.1 Å². The van der Waals surface area contributed by atoms with E-state index in [0.29, 0.717) is 31.2 Å². The van der Waals surface area contributed by atoms with E-state index in [0.717, 1.165) is 30.0 Å². The van der Waals surface area contributed by atoms with E-state index in [1.807, 2.05) is 43.7 Å². The second-order valence-electron chi connectivity index (χ2n) is 16.1. The van der Waals surface area contributed by atoms with Crippen LogP contribution in [0.25, 0.3) is 0 Å². The molecular formula is C33H54FN5O4Si. The molecule has 2 fully saturated rings. The number of nitrogens with zero attached hydrogens (tertiary/aromatic N) is 3. The molecule has 4 rings (SSSR count). The van der Waals surface area contributed by atoms with Crippen LogP contribution in [-0.4, -0.2) is 59.7 Å². The number of aromatic nitrogens is 3. The van der Waals surface area contributed by atoms with E-state index in [4.69, 9.17) is 19.0 Å². The number of pyridine rings is 1. The van der Waals surface area contributed by atoms with Gasteiger partial charge in [0, 0.05) is 36.0 Å². The Kier molecular flexibility index (Phi) is 9.81. The second kappa shape index (κ2) is 12.6. The number of halogens is 1. The molecule has 2 heterocycles. The molecule has 9 nitrogen and oxygen atoms in total. The highest BCUT2D eigenvalue weighted by atomic mass is 28.4. The lowest BCUT2D eigenvalue weighted by Crippen LogP contribution is -2.47. The highest BCUT2D eigenvalue weighted by Crippen LogP contribution is 2.44. The van der Waals surface area contributed by atoms with Crippen LogP contribution in [0.15, 0.2) is 24.4 Å². The van der Waals surface area contributed by atoms with Crippen molar-refractivity contribution >= 4 is 25.9 Å². The molecule has 1 amide bonds. The average molecular weight is 632 g/mol. The molecule has 0 radical (unpaired) electrons. The van der Waals surface area contributed by atoms with Gasteiger partial charge in [0.2, 0.25) is 5.88 Å². The molecule has 2 N–H and O–H groups in total. The lowest BCUT2D eigenvalue weighted by atomic mass is 9.81. The van der Waals surface area contributed by atoms with E-state index in [1.54, 1.807) is 6.20 Å². The van der Waals surface area contributed by atoms with Gasteiger partial charge in [-0.3, -0.25) is 0 Å². The summed E-state index contributed by atoms with van der Waals surface area (Å²) < 4.78 is 35.1. The van der Waals surface area contributed by atoms with Crippen LogP contribution >= 0.6 is 0 Å². The maximum Gasteiger partial charge on any atom is 0.407 e. The van der Waals surface area contributed by atoms with Crippen molar-refractivity contribution in [3.8, 4) is 5.88 Å². The van der Waals surface area contributed by atoms with Crippen LogP contribution in [0.5, 0.6) is 5.88 Å². The van der Waals surface area contributed by atoms with Gasteiger partial charge in [-0.2, -0.15) is 5.10 Å². The fourth-order valence-corrected chi connectivity index (χ4v) is 6.80. The van der Waals surface area contributed by atoms with E-state index in [9.17, 15) is 4.79 Å². The number of alkyl carbamates (subject to hydrolysis) is 1. The number of hydrogen-bond donors (Lipinski definition) is 2. The Bertz CT molecular complexity index is 1290. The predicted molar refractivity (Wildman–Crippen MR) is 175 cm³/mol. The van der Waals surface area contributed by atoms with Crippen molar-refractivity contribution in [1.82, 2.24) is 20.1 Å². The van der Waals surface area contributed by atoms with Gasteiger partial charge in [0.15, 0.2) is 8.32 Å². The summed E-state index contributed by atoms with van der Waals surface area (Å²) in [7, 11) is -2.08. The summed E-state index contributed by atoms with van der Waals surface area (Å²) in [5.74, 6) is 1.70. The largest absolute Gasteiger partial charge is 0.477 e. The minimum atomic E-state index is -2.08. The summed E-state index contributed by atoms with van der Waals surface area (Å²) >= 11 is 0. The Labute approximate surface area is 264 Å². The summed E-state index contributed by atoms with van der Waals surface area (Å²) in [6, 6.07) is 5.93. The molecule has 0 bridgehead atoms. The maximum atomic E-state index is 15.3. The van der Waals surface area contributed by atoms with Crippen LogP contribution in [0.2, 0.25) is 18.1 Å². The van der Waals surface area contributed by atoms with Crippen LogP contribution in [0.4, 0.5) is 20.7 Å². The average Bonchev–Trinajstić information content (AvgIpc) is 3.42. The number of alkyl halides is 1. The molecule has 2 saturated carbocycles. The highest BCUT2D eigenvalue weighted by Gasteiger charge is 2.45. The van der Waals surface area contributed by atoms with E-state index >= 15 is 4.39 Å². The molecule has 2 aliphatic rings. The quantitative estimate of drug-likeness (QED) is 0.270. The fourth-order valence-electron chi connectivity index (χ4n) is 5.45. The van der Waals surface area contributed by atoms with Gasteiger partial charge in [0.05, 0.1) is 23.9 Å². The van der Waals surface area contributed by atoms with Crippen molar-refractivity contribution in [2.45, 2.75) is 142 Å². The monoisotopic (exact) mass is 631 g/mol. The first-order chi connectivity index (χ1) is 20.2. The molecule has 0 aromatic carbocycles. The van der Waals surface area contributed by atoms with Gasteiger partial charge < -0.3 is 24.5 Å². The summed E-state index contributed by atoms with van der Waals surface area (Å²) in [6.45, 7) is 23.3. The molecular weight excluding hydrogens is 577 g/mol. The first-order valence-electron chi connectivity index (χ1n) is 16.0. The topological polar surface area (TPSA) is 99.5 Å². The molecule has 246 valence electrons. The number of anilines is 2. The third-order valence-corrected chi connectivity index (χ3v) is 13.4. The molecule has 0 aliphatic heterocycles. The third kappa shape index (κ3) is 8.74. The van der Waals surface area contributed by atoms with Crippen LogP contribution in [0, 0.1) is 5.92 Å². The van der Waals surface area contributed by atoms with Gasteiger partial charge in [-0.15, -0.1) is 0 Å². The lowest BCUT2D eigenvalue weighted by molar-refractivity contribution is 0.0427. The Hall–Kier alpha value is -2.66. The number of ether oxygens (including phenoxy) is 2.